The van der Waals surface area contributed by atoms with Crippen molar-refractivity contribution in [2.24, 2.45) is 5.92 Å². The van der Waals surface area contributed by atoms with Crippen molar-refractivity contribution in [3.05, 3.63) is 47.5 Å². The molecule has 1 aliphatic heterocycles. The van der Waals surface area contributed by atoms with Gasteiger partial charge in [0.05, 0.1) is 17.6 Å². The molecule has 0 unspecified atom stereocenters. The van der Waals surface area contributed by atoms with E-state index in [1.807, 2.05) is 32.0 Å². The van der Waals surface area contributed by atoms with Crippen LogP contribution in [-0.2, 0) is 14.8 Å². The Morgan fingerprint density at radius 2 is 2.00 bits per heavy atom. The van der Waals surface area contributed by atoms with Gasteiger partial charge in [-0.3, -0.25) is 4.79 Å². The van der Waals surface area contributed by atoms with Crippen LogP contribution in [0.25, 0.3) is 11.0 Å². The van der Waals surface area contributed by atoms with Gasteiger partial charge >= 0.3 is 0 Å². The van der Waals surface area contributed by atoms with Gasteiger partial charge in [-0.05, 0) is 62.1 Å². The average Bonchev–Trinajstić information content (AvgIpc) is 3.19. The molecular weight excluding hydrogens is 408 g/mol. The molecule has 1 atom stereocenters. The zero-order valence-corrected chi connectivity index (χ0v) is 17.9. The van der Waals surface area contributed by atoms with E-state index in [1.165, 1.54) is 4.31 Å². The van der Waals surface area contributed by atoms with Gasteiger partial charge in [0.25, 0.3) is 0 Å². The Morgan fingerprint density at radius 1 is 1.17 bits per heavy atom. The lowest BCUT2D eigenvalue weighted by Gasteiger charge is -2.31. The second-order valence-electron chi connectivity index (χ2n) is 7.38. The number of benzene rings is 2. The minimum Gasteiger partial charge on any atom is -0.326 e. The highest BCUT2D eigenvalue weighted by molar-refractivity contribution is 7.89. The second-order valence-corrected chi connectivity index (χ2v) is 9.81. The first kappa shape index (κ1) is 19.9. The predicted octanol–water partition coefficient (Wildman–Crippen LogP) is 3.35. The molecule has 1 fully saturated rings. The molecule has 1 aliphatic rings. The normalized spacial score (nSPS) is 18.1. The molecule has 0 bridgehead atoms. The summed E-state index contributed by atoms with van der Waals surface area (Å²) in [5, 5.41) is 2.94. The summed E-state index contributed by atoms with van der Waals surface area (Å²) in [6.07, 6.45) is 1.29. The highest BCUT2D eigenvalue weighted by Crippen LogP contribution is 2.28. The topological polar surface area (TPSA) is 92.3 Å². The van der Waals surface area contributed by atoms with E-state index in [9.17, 15) is 13.2 Å². The van der Waals surface area contributed by atoms with Crippen molar-refractivity contribution in [2.45, 2.75) is 31.6 Å². The number of piperidine rings is 1. The highest BCUT2D eigenvalue weighted by atomic mass is 32.2. The number of sulfonamides is 1. The van der Waals surface area contributed by atoms with E-state index in [-0.39, 0.29) is 17.3 Å². The molecule has 2 heterocycles. The summed E-state index contributed by atoms with van der Waals surface area (Å²) < 4.78 is 36.2. The molecule has 9 heteroatoms. The van der Waals surface area contributed by atoms with Crippen LogP contribution in [0.15, 0.2) is 41.3 Å². The van der Waals surface area contributed by atoms with Crippen molar-refractivity contribution in [3.63, 3.8) is 0 Å². The zero-order valence-electron chi connectivity index (χ0n) is 16.3. The zero-order chi connectivity index (χ0) is 20.6. The Kier molecular flexibility index (Phi) is 5.37. The number of hydrogen-bond donors (Lipinski definition) is 1. The predicted molar refractivity (Wildman–Crippen MR) is 113 cm³/mol. The number of rotatable bonds is 4. The molecule has 0 spiro atoms. The summed E-state index contributed by atoms with van der Waals surface area (Å²) in [6.45, 7) is 4.56. The number of hydrogen-bond acceptors (Lipinski definition) is 6. The molecule has 29 heavy (non-hydrogen) atoms. The van der Waals surface area contributed by atoms with E-state index in [0.717, 1.165) is 28.5 Å². The van der Waals surface area contributed by atoms with Crippen LogP contribution in [0.3, 0.4) is 0 Å². The van der Waals surface area contributed by atoms with Gasteiger partial charge in [0.1, 0.15) is 15.9 Å². The molecule has 1 aromatic heterocycles. The first-order chi connectivity index (χ1) is 13.9. The minimum atomic E-state index is -3.75. The fraction of sp³-hybridized carbons (Fsp3) is 0.350. The van der Waals surface area contributed by atoms with Crippen molar-refractivity contribution in [1.82, 2.24) is 13.1 Å². The molecule has 152 valence electrons. The van der Waals surface area contributed by atoms with Gasteiger partial charge in [-0.25, -0.2) is 8.42 Å². The summed E-state index contributed by atoms with van der Waals surface area (Å²) in [4.78, 5) is 12.9. The van der Waals surface area contributed by atoms with E-state index < -0.39 is 15.9 Å². The number of amides is 1. The van der Waals surface area contributed by atoms with Crippen molar-refractivity contribution in [1.29, 1.82) is 0 Å². The summed E-state index contributed by atoms with van der Waals surface area (Å²) in [5.41, 5.74) is 3.94. The second kappa shape index (κ2) is 7.81. The SMILES string of the molecule is Cc1ccc(NC(=O)[C@H]2CCCN(S(=O)(=O)c3cccc4nsnc34)C2)cc1C. The van der Waals surface area contributed by atoms with E-state index in [2.05, 4.69) is 14.1 Å². The molecule has 1 amide bonds. The van der Waals surface area contributed by atoms with Crippen molar-refractivity contribution < 1.29 is 13.2 Å². The Hall–Kier alpha value is -2.36. The van der Waals surface area contributed by atoms with Crippen molar-refractivity contribution in [2.75, 3.05) is 18.4 Å². The largest absolute Gasteiger partial charge is 0.326 e. The summed E-state index contributed by atoms with van der Waals surface area (Å²) in [7, 11) is -3.75. The molecule has 7 nitrogen and oxygen atoms in total. The Labute approximate surface area is 174 Å². The third-order valence-electron chi connectivity index (χ3n) is 5.40. The number of carbonyl (C=O) groups excluding carboxylic acids is 1. The first-order valence-electron chi connectivity index (χ1n) is 9.46. The lowest BCUT2D eigenvalue weighted by atomic mass is 9.98. The van der Waals surface area contributed by atoms with Gasteiger partial charge in [0.2, 0.25) is 15.9 Å². The third kappa shape index (κ3) is 3.90. The van der Waals surface area contributed by atoms with Crippen LogP contribution >= 0.6 is 11.7 Å². The van der Waals surface area contributed by atoms with Crippen molar-refractivity contribution in [3.8, 4) is 0 Å². The fourth-order valence-corrected chi connectivity index (χ4v) is 5.84. The van der Waals surface area contributed by atoms with Gasteiger partial charge in [-0.2, -0.15) is 13.1 Å². The highest BCUT2D eigenvalue weighted by Gasteiger charge is 2.34. The third-order valence-corrected chi connectivity index (χ3v) is 7.84. The van der Waals surface area contributed by atoms with E-state index in [1.54, 1.807) is 18.2 Å². The van der Waals surface area contributed by atoms with Crippen LogP contribution in [0.5, 0.6) is 0 Å². The summed E-state index contributed by atoms with van der Waals surface area (Å²) in [5.74, 6) is -0.547. The molecule has 0 saturated carbocycles. The molecule has 0 aliphatic carbocycles. The molecule has 4 rings (SSSR count). The lowest BCUT2D eigenvalue weighted by Crippen LogP contribution is -2.43. The number of aromatic nitrogens is 2. The maximum Gasteiger partial charge on any atom is 0.245 e. The Morgan fingerprint density at radius 3 is 2.79 bits per heavy atom. The Balaban J connectivity index is 1.53. The molecule has 1 N–H and O–H groups in total. The van der Waals surface area contributed by atoms with Crippen LogP contribution in [0.1, 0.15) is 24.0 Å². The molecule has 0 radical (unpaired) electrons. The number of carbonyl (C=O) groups is 1. The van der Waals surface area contributed by atoms with E-state index >= 15 is 0 Å². The van der Waals surface area contributed by atoms with Gasteiger partial charge in [-0.15, -0.1) is 0 Å². The number of nitrogens with zero attached hydrogens (tertiary/aromatic N) is 3. The smallest absolute Gasteiger partial charge is 0.245 e. The van der Waals surface area contributed by atoms with Crippen LogP contribution in [0.4, 0.5) is 5.69 Å². The van der Waals surface area contributed by atoms with E-state index in [0.29, 0.717) is 30.4 Å². The minimum absolute atomic E-state index is 0.151. The average molecular weight is 431 g/mol. The molecular formula is C20H22N4O3S2. The fourth-order valence-electron chi connectivity index (χ4n) is 3.57. The van der Waals surface area contributed by atoms with Crippen LogP contribution < -0.4 is 5.32 Å². The van der Waals surface area contributed by atoms with E-state index in [4.69, 9.17) is 0 Å². The quantitative estimate of drug-likeness (QED) is 0.685. The maximum absolute atomic E-state index is 13.2. The van der Waals surface area contributed by atoms with Crippen LogP contribution in [-0.4, -0.2) is 40.5 Å². The monoisotopic (exact) mass is 430 g/mol. The number of fused-ring (bicyclic) bond motifs is 1. The summed E-state index contributed by atoms with van der Waals surface area (Å²) >= 11 is 0.991. The van der Waals surface area contributed by atoms with Gasteiger partial charge < -0.3 is 5.32 Å². The number of nitrogens with one attached hydrogen (secondary N) is 1. The summed E-state index contributed by atoms with van der Waals surface area (Å²) in [6, 6.07) is 10.7. The maximum atomic E-state index is 13.2. The number of anilines is 1. The lowest BCUT2D eigenvalue weighted by molar-refractivity contribution is -0.120. The van der Waals surface area contributed by atoms with Crippen LogP contribution in [0.2, 0.25) is 0 Å². The molecule has 2 aromatic carbocycles. The Bertz CT molecular complexity index is 1170. The van der Waals surface area contributed by atoms with Crippen LogP contribution in [0, 0.1) is 19.8 Å². The van der Waals surface area contributed by atoms with Gasteiger partial charge in [0, 0.05) is 18.8 Å². The molecule has 3 aromatic rings. The molecule has 1 saturated heterocycles. The van der Waals surface area contributed by atoms with Gasteiger partial charge in [-0.1, -0.05) is 12.1 Å². The first-order valence-corrected chi connectivity index (χ1v) is 11.6. The van der Waals surface area contributed by atoms with Crippen molar-refractivity contribution >= 4 is 44.4 Å². The van der Waals surface area contributed by atoms with Gasteiger partial charge in [0.15, 0.2) is 0 Å². The standard InChI is InChI=1S/C20H22N4O3S2/c1-13-8-9-16(11-14(13)2)21-20(25)15-5-4-10-24(12-15)29(26,27)18-7-3-6-17-19(18)23-28-22-17/h3,6-9,11,15H,4-5,10,12H2,1-2H3,(H,21,25)/t15-/m0/s1. The number of aryl methyl sites for hydroxylation is 2.